The van der Waals surface area contributed by atoms with Gasteiger partial charge in [0.05, 0.1) is 26.2 Å². The van der Waals surface area contributed by atoms with Crippen LogP contribution in [-0.4, -0.2) is 30.7 Å². The Kier molecular flexibility index (Phi) is 9.33. The summed E-state index contributed by atoms with van der Waals surface area (Å²) in [7, 11) is 0. The van der Waals surface area contributed by atoms with Crippen LogP contribution in [0.1, 0.15) is 58.8 Å². The van der Waals surface area contributed by atoms with Gasteiger partial charge in [-0.2, -0.15) is 0 Å². The fourth-order valence-corrected chi connectivity index (χ4v) is 2.76. The standard InChI is InChI=1S/C13H28N.CN/c1-3-5-7-11-14(10-6-4-2)12-8-9-13-14;1-2/h3-13H2,1-2H3;/q+1;-1. The number of quaternary nitrogens is 1. The van der Waals surface area contributed by atoms with E-state index in [0.29, 0.717) is 0 Å². The quantitative estimate of drug-likeness (QED) is 0.367. The summed E-state index contributed by atoms with van der Waals surface area (Å²) in [6.07, 6.45) is 10.0. The van der Waals surface area contributed by atoms with Crippen LogP contribution in [0.5, 0.6) is 0 Å². The van der Waals surface area contributed by atoms with Crippen molar-refractivity contribution in [3.8, 4) is 0 Å². The van der Waals surface area contributed by atoms with Gasteiger partial charge in [0.15, 0.2) is 0 Å². The van der Waals surface area contributed by atoms with Gasteiger partial charge in [-0.1, -0.05) is 26.7 Å². The number of unbranched alkanes of at least 4 members (excludes halogenated alkanes) is 3. The highest BCUT2D eigenvalue weighted by atomic mass is 15.4. The van der Waals surface area contributed by atoms with Crippen LogP contribution in [-0.2, 0) is 0 Å². The number of likely N-dealkylation sites (tertiary alicyclic amines) is 1. The average Bonchev–Trinajstić information content (AvgIpc) is 2.79. The predicted molar refractivity (Wildman–Crippen MR) is 68.4 cm³/mol. The number of nitrogens with zero attached hydrogens (tertiary/aromatic N) is 2. The van der Waals surface area contributed by atoms with E-state index in [1.807, 2.05) is 0 Å². The highest BCUT2D eigenvalue weighted by Crippen LogP contribution is 2.21. The molecule has 1 heterocycles. The molecule has 0 N–H and O–H groups in total. The summed E-state index contributed by atoms with van der Waals surface area (Å²) in [6, 6.07) is 0. The zero-order valence-corrected chi connectivity index (χ0v) is 11.2. The molecule has 1 rings (SSSR count). The first kappa shape index (κ1) is 15.4. The topological polar surface area (TPSA) is 23.8 Å². The zero-order valence-electron chi connectivity index (χ0n) is 11.2. The summed E-state index contributed by atoms with van der Waals surface area (Å²) in [5.74, 6) is 0. The second kappa shape index (κ2) is 9.66. The molecule has 0 bridgehead atoms. The predicted octanol–water partition coefficient (Wildman–Crippen LogP) is 3.68. The highest BCUT2D eigenvalue weighted by molar-refractivity contribution is 4.55. The Morgan fingerprint density at radius 2 is 1.38 bits per heavy atom. The van der Waals surface area contributed by atoms with Gasteiger partial charge in [-0.25, -0.2) is 0 Å². The smallest absolute Gasteiger partial charge is 0.0788 e. The zero-order chi connectivity index (χ0) is 12.3. The van der Waals surface area contributed by atoms with Gasteiger partial charge in [0.1, 0.15) is 0 Å². The number of hydrogen-bond donors (Lipinski definition) is 0. The lowest BCUT2D eigenvalue weighted by atomic mass is 10.2. The molecule has 0 unspecified atom stereocenters. The van der Waals surface area contributed by atoms with Crippen molar-refractivity contribution in [1.82, 2.24) is 0 Å². The van der Waals surface area contributed by atoms with Crippen molar-refractivity contribution < 1.29 is 4.48 Å². The Bertz CT molecular complexity index is 169. The van der Waals surface area contributed by atoms with Gasteiger partial charge in [-0.05, 0) is 19.3 Å². The van der Waals surface area contributed by atoms with Gasteiger partial charge in [0.2, 0.25) is 0 Å². The molecule has 1 saturated heterocycles. The second-order valence-electron chi connectivity index (χ2n) is 5.00. The lowest BCUT2D eigenvalue weighted by Gasteiger charge is -2.34. The van der Waals surface area contributed by atoms with Gasteiger partial charge in [0, 0.05) is 12.8 Å². The van der Waals surface area contributed by atoms with Crippen LogP contribution >= 0.6 is 0 Å². The van der Waals surface area contributed by atoms with Crippen LogP contribution < -0.4 is 0 Å². The fraction of sp³-hybridized carbons (Fsp3) is 0.929. The molecular formula is C14H28N2. The molecule has 1 aliphatic heterocycles. The molecule has 0 saturated carbocycles. The molecular weight excluding hydrogens is 196 g/mol. The maximum Gasteiger partial charge on any atom is 0.0788 e. The first-order valence-corrected chi connectivity index (χ1v) is 6.90. The van der Waals surface area contributed by atoms with Gasteiger partial charge >= 0.3 is 0 Å². The van der Waals surface area contributed by atoms with Crippen LogP contribution in [0.3, 0.4) is 0 Å². The Balaban J connectivity index is 0.00000106. The minimum absolute atomic E-state index is 1.37. The Labute approximate surface area is 102 Å². The van der Waals surface area contributed by atoms with E-state index < -0.39 is 0 Å². The van der Waals surface area contributed by atoms with Crippen molar-refractivity contribution in [2.45, 2.75) is 58.8 Å². The largest absolute Gasteiger partial charge is 0.512 e. The molecule has 0 radical (unpaired) electrons. The molecule has 0 aromatic rings. The Morgan fingerprint density at radius 1 is 0.875 bits per heavy atom. The number of rotatable bonds is 7. The maximum absolute atomic E-state index is 6.25. The first-order chi connectivity index (χ1) is 7.83. The van der Waals surface area contributed by atoms with Gasteiger partial charge in [-0.15, -0.1) is 0 Å². The van der Waals surface area contributed by atoms with Crippen molar-refractivity contribution in [2.24, 2.45) is 0 Å². The van der Waals surface area contributed by atoms with Crippen molar-refractivity contribution >= 4 is 0 Å². The van der Waals surface area contributed by atoms with Crippen molar-refractivity contribution in [3.05, 3.63) is 6.57 Å². The summed E-state index contributed by atoms with van der Waals surface area (Å²) in [5.41, 5.74) is 0. The third-order valence-corrected chi connectivity index (χ3v) is 3.74. The normalized spacial score (nSPS) is 17.8. The van der Waals surface area contributed by atoms with E-state index in [2.05, 4.69) is 13.8 Å². The minimum Gasteiger partial charge on any atom is -0.512 e. The van der Waals surface area contributed by atoms with E-state index in [1.54, 1.807) is 0 Å². The summed E-state index contributed by atoms with van der Waals surface area (Å²) >= 11 is 0. The lowest BCUT2D eigenvalue weighted by Crippen LogP contribution is -2.46. The lowest BCUT2D eigenvalue weighted by molar-refractivity contribution is -0.917. The molecule has 0 spiro atoms. The Hall–Kier alpha value is -0.550. The molecule has 1 fully saturated rings. The maximum atomic E-state index is 6.25. The van der Waals surface area contributed by atoms with E-state index in [4.69, 9.17) is 11.8 Å². The highest BCUT2D eigenvalue weighted by Gasteiger charge is 2.30. The van der Waals surface area contributed by atoms with Crippen molar-refractivity contribution in [1.29, 1.82) is 5.26 Å². The van der Waals surface area contributed by atoms with Gasteiger partial charge in [0.25, 0.3) is 0 Å². The molecule has 0 aliphatic carbocycles. The van der Waals surface area contributed by atoms with Crippen LogP contribution in [0.15, 0.2) is 0 Å². The van der Waals surface area contributed by atoms with Gasteiger partial charge in [-0.3, -0.25) is 0 Å². The number of hydrogen-bond acceptors (Lipinski definition) is 1. The van der Waals surface area contributed by atoms with E-state index in [0.717, 1.165) is 0 Å². The molecule has 0 aromatic carbocycles. The summed E-state index contributed by atoms with van der Waals surface area (Å²) in [5, 5.41) is 6.25. The fourth-order valence-electron chi connectivity index (χ4n) is 2.76. The third kappa shape index (κ3) is 5.51. The van der Waals surface area contributed by atoms with Crippen LogP contribution in [0, 0.1) is 11.8 Å². The minimum atomic E-state index is 1.37. The summed E-state index contributed by atoms with van der Waals surface area (Å²) in [6.45, 7) is 15.3. The van der Waals surface area contributed by atoms with E-state index >= 15 is 0 Å². The molecule has 0 atom stereocenters. The Morgan fingerprint density at radius 3 is 1.88 bits per heavy atom. The average molecular weight is 224 g/mol. The van der Waals surface area contributed by atoms with Crippen molar-refractivity contribution in [3.63, 3.8) is 0 Å². The van der Waals surface area contributed by atoms with Crippen LogP contribution in [0.25, 0.3) is 0 Å². The van der Waals surface area contributed by atoms with Crippen molar-refractivity contribution in [2.75, 3.05) is 26.2 Å². The van der Waals surface area contributed by atoms with E-state index in [9.17, 15) is 0 Å². The van der Waals surface area contributed by atoms with E-state index in [-0.39, 0.29) is 0 Å². The summed E-state index contributed by atoms with van der Waals surface area (Å²) < 4.78 is 1.47. The molecule has 2 heteroatoms. The molecule has 0 aromatic heterocycles. The molecule has 16 heavy (non-hydrogen) atoms. The third-order valence-electron chi connectivity index (χ3n) is 3.74. The van der Waals surface area contributed by atoms with Gasteiger partial charge < -0.3 is 16.3 Å². The molecule has 1 aliphatic rings. The monoisotopic (exact) mass is 224 g/mol. The van der Waals surface area contributed by atoms with Crippen LogP contribution in [0.2, 0.25) is 0 Å². The molecule has 0 amide bonds. The van der Waals surface area contributed by atoms with Crippen LogP contribution in [0.4, 0.5) is 0 Å². The first-order valence-electron chi connectivity index (χ1n) is 6.90. The molecule has 94 valence electrons. The second-order valence-corrected chi connectivity index (χ2v) is 5.00. The molecule has 2 nitrogen and oxygen atoms in total. The van der Waals surface area contributed by atoms with E-state index in [1.165, 1.54) is 75.6 Å². The SMILES string of the molecule is CCCCC[N+]1(CCCC)CCCC1.[C-]#N. The summed E-state index contributed by atoms with van der Waals surface area (Å²) in [4.78, 5) is 0.